The summed E-state index contributed by atoms with van der Waals surface area (Å²) in [4.78, 5) is 12.8. The number of benzene rings is 3. The van der Waals surface area contributed by atoms with Crippen molar-refractivity contribution < 1.29 is 14.3 Å². The van der Waals surface area contributed by atoms with Crippen LogP contribution in [0.3, 0.4) is 0 Å². The van der Waals surface area contributed by atoms with Crippen molar-refractivity contribution in [2.45, 2.75) is 6.61 Å². The van der Waals surface area contributed by atoms with Crippen molar-refractivity contribution in [3.63, 3.8) is 0 Å². The zero-order valence-electron chi connectivity index (χ0n) is 18.2. The summed E-state index contributed by atoms with van der Waals surface area (Å²) in [6, 6.07) is 22.2. The Balaban J connectivity index is 1.46. The van der Waals surface area contributed by atoms with Crippen LogP contribution in [0.4, 0.5) is 0 Å². The lowest BCUT2D eigenvalue weighted by atomic mass is 10.1. The molecule has 0 unspecified atom stereocenters. The van der Waals surface area contributed by atoms with Gasteiger partial charge in [0, 0.05) is 27.5 Å². The zero-order valence-corrected chi connectivity index (χ0v) is 20.6. The average molecular weight is 539 g/mol. The molecule has 0 saturated carbocycles. The third-order valence-electron chi connectivity index (χ3n) is 4.99. The summed E-state index contributed by atoms with van der Waals surface area (Å²) in [6.45, 7) is 0.365. The third-order valence-corrected chi connectivity index (χ3v) is 5.93. The van der Waals surface area contributed by atoms with Crippen molar-refractivity contribution in [3.05, 3.63) is 111 Å². The van der Waals surface area contributed by atoms with Crippen molar-refractivity contribution in [3.8, 4) is 17.2 Å². The highest BCUT2D eigenvalue weighted by Gasteiger charge is 2.12. The Bertz CT molecular complexity index is 1310. The Morgan fingerprint density at radius 3 is 2.53 bits per heavy atom. The molecule has 6 nitrogen and oxygen atoms in total. The van der Waals surface area contributed by atoms with Crippen LogP contribution < -0.4 is 14.9 Å². The molecule has 8 heteroatoms. The average Bonchev–Trinajstić information content (AvgIpc) is 3.39. The highest BCUT2D eigenvalue weighted by molar-refractivity contribution is 9.10. The Labute approximate surface area is 210 Å². The summed E-state index contributed by atoms with van der Waals surface area (Å²) >= 11 is 9.47. The first-order valence-corrected chi connectivity index (χ1v) is 11.5. The number of nitrogens with zero attached hydrogens (tertiary/aromatic N) is 2. The van der Waals surface area contributed by atoms with Crippen LogP contribution >= 0.6 is 27.5 Å². The van der Waals surface area contributed by atoms with Crippen LogP contribution in [-0.4, -0.2) is 23.8 Å². The molecule has 1 heterocycles. The van der Waals surface area contributed by atoms with Crippen LogP contribution in [-0.2, 0) is 6.61 Å². The first-order chi connectivity index (χ1) is 16.5. The van der Waals surface area contributed by atoms with Crippen LogP contribution in [0, 0.1) is 0 Å². The van der Waals surface area contributed by atoms with E-state index in [1.165, 1.54) is 0 Å². The lowest BCUT2D eigenvalue weighted by molar-refractivity contribution is 0.0955. The summed E-state index contributed by atoms with van der Waals surface area (Å²) in [5.74, 6) is 0.806. The van der Waals surface area contributed by atoms with Crippen molar-refractivity contribution in [2.75, 3.05) is 7.11 Å². The van der Waals surface area contributed by atoms with Gasteiger partial charge < -0.3 is 14.0 Å². The van der Waals surface area contributed by atoms with Gasteiger partial charge in [-0.3, -0.25) is 4.79 Å². The highest BCUT2D eigenvalue weighted by atomic mass is 79.9. The van der Waals surface area contributed by atoms with E-state index in [1.807, 2.05) is 71.6 Å². The van der Waals surface area contributed by atoms with E-state index < -0.39 is 0 Å². The van der Waals surface area contributed by atoms with Crippen molar-refractivity contribution in [1.82, 2.24) is 9.99 Å². The molecule has 0 spiro atoms. The molecule has 4 rings (SSSR count). The van der Waals surface area contributed by atoms with Crippen LogP contribution in [0.25, 0.3) is 5.69 Å². The maximum Gasteiger partial charge on any atom is 0.273 e. The third kappa shape index (κ3) is 5.68. The number of halogens is 2. The van der Waals surface area contributed by atoms with E-state index in [9.17, 15) is 4.79 Å². The van der Waals surface area contributed by atoms with E-state index in [-0.39, 0.29) is 5.91 Å². The molecule has 4 aromatic rings. The normalized spacial score (nSPS) is 10.9. The Hall–Kier alpha value is -3.55. The Morgan fingerprint density at radius 2 is 1.79 bits per heavy atom. The second-order valence-electron chi connectivity index (χ2n) is 7.25. The number of ether oxygens (including phenoxy) is 2. The maximum atomic E-state index is 12.8. The number of para-hydroxylation sites is 1. The smallest absolute Gasteiger partial charge is 0.273 e. The SMILES string of the molecule is COc1cc(C=NNC(=O)c2ccccc2-n2cccc2)c(Br)cc1OCc1ccc(Cl)cc1. The lowest BCUT2D eigenvalue weighted by Crippen LogP contribution is -2.19. The lowest BCUT2D eigenvalue weighted by Gasteiger charge is -2.13. The van der Waals surface area contributed by atoms with Gasteiger partial charge in [0.05, 0.1) is 24.6 Å². The number of hydrogen-bond donors (Lipinski definition) is 1. The van der Waals surface area contributed by atoms with Gasteiger partial charge in [-0.2, -0.15) is 5.10 Å². The number of carbonyl (C=O) groups excluding carboxylic acids is 1. The minimum atomic E-state index is -0.313. The first-order valence-electron chi connectivity index (χ1n) is 10.4. The number of carbonyl (C=O) groups is 1. The molecule has 34 heavy (non-hydrogen) atoms. The molecule has 1 amide bonds. The minimum Gasteiger partial charge on any atom is -0.493 e. The fourth-order valence-corrected chi connectivity index (χ4v) is 3.82. The van der Waals surface area contributed by atoms with Gasteiger partial charge in [-0.25, -0.2) is 5.43 Å². The van der Waals surface area contributed by atoms with Gasteiger partial charge in [0.2, 0.25) is 0 Å². The fourth-order valence-electron chi connectivity index (χ4n) is 3.27. The molecule has 1 aromatic heterocycles. The number of amides is 1. The molecule has 0 fully saturated rings. The molecule has 0 aliphatic rings. The van der Waals surface area contributed by atoms with E-state index in [1.54, 1.807) is 31.5 Å². The summed E-state index contributed by atoms with van der Waals surface area (Å²) in [7, 11) is 1.57. The zero-order chi connectivity index (χ0) is 23.9. The molecule has 0 saturated heterocycles. The molecule has 0 atom stereocenters. The summed E-state index contributed by atoms with van der Waals surface area (Å²) < 4.78 is 14.0. The number of nitrogens with one attached hydrogen (secondary N) is 1. The van der Waals surface area contributed by atoms with Crippen LogP contribution in [0.5, 0.6) is 11.5 Å². The monoisotopic (exact) mass is 537 g/mol. The van der Waals surface area contributed by atoms with Crippen LogP contribution in [0.15, 0.2) is 94.8 Å². The second-order valence-corrected chi connectivity index (χ2v) is 8.54. The van der Waals surface area contributed by atoms with Crippen LogP contribution in [0.1, 0.15) is 21.5 Å². The minimum absolute atomic E-state index is 0.313. The first kappa shape index (κ1) is 23.6. The molecule has 3 aromatic carbocycles. The molecule has 0 radical (unpaired) electrons. The number of rotatable bonds is 8. The predicted octanol–water partition coefficient (Wildman–Crippen LogP) is 6.24. The molecule has 0 aliphatic heterocycles. The van der Waals surface area contributed by atoms with Crippen LogP contribution in [0.2, 0.25) is 5.02 Å². The van der Waals surface area contributed by atoms with Gasteiger partial charge in [0.1, 0.15) is 6.61 Å². The van der Waals surface area contributed by atoms with Gasteiger partial charge in [-0.15, -0.1) is 0 Å². The van der Waals surface area contributed by atoms with Gasteiger partial charge in [0.25, 0.3) is 5.91 Å². The quantitative estimate of drug-likeness (QED) is 0.213. The van der Waals surface area contributed by atoms with Crippen molar-refractivity contribution in [1.29, 1.82) is 0 Å². The Morgan fingerprint density at radius 1 is 1.06 bits per heavy atom. The van der Waals surface area contributed by atoms with E-state index in [2.05, 4.69) is 26.5 Å². The highest BCUT2D eigenvalue weighted by Crippen LogP contribution is 2.33. The Kier molecular flexibility index (Phi) is 7.67. The van der Waals surface area contributed by atoms with E-state index >= 15 is 0 Å². The summed E-state index contributed by atoms with van der Waals surface area (Å²) in [5.41, 5.74) is 5.57. The fraction of sp³-hybridized carbons (Fsp3) is 0.0769. The molecule has 0 bridgehead atoms. The van der Waals surface area contributed by atoms with Gasteiger partial charge in [-0.1, -0.05) is 35.9 Å². The number of hydrazone groups is 1. The number of methoxy groups -OCH3 is 1. The summed E-state index contributed by atoms with van der Waals surface area (Å²) in [5, 5.41) is 4.81. The van der Waals surface area contributed by atoms with Crippen molar-refractivity contribution >= 4 is 39.7 Å². The predicted molar refractivity (Wildman–Crippen MR) is 137 cm³/mol. The van der Waals surface area contributed by atoms with Crippen molar-refractivity contribution in [2.24, 2.45) is 5.10 Å². The topological polar surface area (TPSA) is 64.8 Å². The molecule has 0 aliphatic carbocycles. The molecule has 1 N–H and O–H groups in total. The largest absolute Gasteiger partial charge is 0.493 e. The maximum absolute atomic E-state index is 12.8. The molecular weight excluding hydrogens is 518 g/mol. The van der Waals surface area contributed by atoms with E-state index in [0.717, 1.165) is 21.3 Å². The van der Waals surface area contributed by atoms with E-state index in [4.69, 9.17) is 21.1 Å². The van der Waals surface area contributed by atoms with Gasteiger partial charge >= 0.3 is 0 Å². The van der Waals surface area contributed by atoms with E-state index in [0.29, 0.717) is 28.7 Å². The second kappa shape index (κ2) is 11.0. The molecule has 172 valence electrons. The standard InChI is InChI=1S/C26H21BrClN3O3/c1-33-24-14-19(22(27)15-25(24)34-17-18-8-10-20(28)11-9-18)16-29-30-26(32)21-6-2-3-7-23(21)31-12-4-5-13-31/h2-16H,17H2,1H3,(H,30,32). The number of hydrogen-bond acceptors (Lipinski definition) is 4. The molecular formula is C26H21BrClN3O3. The number of aromatic nitrogens is 1. The van der Waals surface area contributed by atoms with Gasteiger partial charge in [-0.05, 0) is 70.0 Å². The summed E-state index contributed by atoms with van der Waals surface area (Å²) in [6.07, 6.45) is 5.32. The van der Waals surface area contributed by atoms with Gasteiger partial charge in [0.15, 0.2) is 11.5 Å².